The fraction of sp³-hybridized carbons (Fsp3) is 0.700. The van der Waals surface area contributed by atoms with E-state index < -0.39 is 0 Å². The van der Waals surface area contributed by atoms with Gasteiger partial charge in [0.2, 0.25) is 0 Å². The molecule has 0 aromatic carbocycles. The molecule has 3 heterocycles. The molecule has 1 aromatic rings. The predicted octanol–water partition coefficient (Wildman–Crippen LogP) is 0.480. The summed E-state index contributed by atoms with van der Waals surface area (Å²) in [6, 6.07) is 0. The van der Waals surface area contributed by atoms with Crippen LogP contribution in [0.25, 0.3) is 0 Å². The number of piperidine rings is 1. The molecule has 14 heavy (non-hydrogen) atoms. The maximum absolute atomic E-state index is 4.67. The minimum atomic E-state index is 0.654. The van der Waals surface area contributed by atoms with Crippen LogP contribution >= 0.6 is 0 Å². The van der Waals surface area contributed by atoms with Gasteiger partial charge >= 0.3 is 0 Å². The molecule has 4 heteroatoms. The number of H-pyrrole nitrogens is 1. The summed E-state index contributed by atoms with van der Waals surface area (Å²) in [6.07, 6.45) is 2.44. The third kappa shape index (κ3) is 1.35. The number of aromatic nitrogens is 2. The first-order valence-electron chi connectivity index (χ1n) is 5.42. The first kappa shape index (κ1) is 8.44. The van der Waals surface area contributed by atoms with E-state index in [0.29, 0.717) is 5.92 Å². The van der Waals surface area contributed by atoms with Crippen LogP contribution in [0.2, 0.25) is 0 Å². The van der Waals surface area contributed by atoms with Crippen LogP contribution < -0.4 is 10.6 Å². The molecule has 1 aromatic heterocycles. The van der Waals surface area contributed by atoms with E-state index in [2.05, 4.69) is 20.6 Å². The summed E-state index contributed by atoms with van der Waals surface area (Å²) in [4.78, 5) is 8.13. The summed E-state index contributed by atoms with van der Waals surface area (Å²) in [5.41, 5.74) is 2.54. The van der Waals surface area contributed by atoms with Gasteiger partial charge in [0, 0.05) is 19.0 Å². The van der Waals surface area contributed by atoms with E-state index in [4.69, 9.17) is 0 Å². The molecule has 76 valence electrons. The minimum absolute atomic E-state index is 0.654. The molecule has 2 aliphatic rings. The Bertz CT molecular complexity index is 303. The maximum atomic E-state index is 4.67. The van der Waals surface area contributed by atoms with Crippen molar-refractivity contribution < 1.29 is 0 Å². The number of hydrogen-bond acceptors (Lipinski definition) is 3. The number of aromatic amines is 1. The van der Waals surface area contributed by atoms with E-state index in [0.717, 1.165) is 26.2 Å². The lowest BCUT2D eigenvalue weighted by Crippen LogP contribution is -2.27. The van der Waals surface area contributed by atoms with E-state index in [1.807, 2.05) is 0 Å². The summed E-state index contributed by atoms with van der Waals surface area (Å²) < 4.78 is 0. The summed E-state index contributed by atoms with van der Waals surface area (Å²) >= 11 is 0. The van der Waals surface area contributed by atoms with Crippen molar-refractivity contribution in [3.05, 3.63) is 17.2 Å². The highest BCUT2D eigenvalue weighted by atomic mass is 15.0. The minimum Gasteiger partial charge on any atom is -0.344 e. The second-order valence-electron chi connectivity index (χ2n) is 4.18. The number of hydrogen-bond donors (Lipinski definition) is 3. The second-order valence-corrected chi connectivity index (χ2v) is 4.18. The molecule has 0 amide bonds. The lowest BCUT2D eigenvalue weighted by Gasteiger charge is -2.20. The molecule has 0 radical (unpaired) electrons. The van der Waals surface area contributed by atoms with Crippen molar-refractivity contribution in [3.63, 3.8) is 0 Å². The van der Waals surface area contributed by atoms with E-state index in [1.165, 1.54) is 30.1 Å². The van der Waals surface area contributed by atoms with Crippen LogP contribution in [0.4, 0.5) is 0 Å². The molecule has 1 fully saturated rings. The van der Waals surface area contributed by atoms with Gasteiger partial charge in [0.25, 0.3) is 0 Å². The molecule has 0 spiro atoms. The molecule has 4 nitrogen and oxygen atoms in total. The van der Waals surface area contributed by atoms with Crippen LogP contribution in [-0.2, 0) is 13.1 Å². The van der Waals surface area contributed by atoms with E-state index in [9.17, 15) is 0 Å². The fourth-order valence-electron chi connectivity index (χ4n) is 2.35. The fourth-order valence-corrected chi connectivity index (χ4v) is 2.35. The molecular formula is C10H16N4. The molecule has 3 N–H and O–H groups in total. The lowest BCUT2D eigenvalue weighted by molar-refractivity contribution is 0.445. The zero-order chi connectivity index (χ0) is 9.38. The predicted molar refractivity (Wildman–Crippen MR) is 54.0 cm³/mol. The SMILES string of the molecule is C1CC(c2nc3c([nH]2)CNC3)CCN1. The number of rotatable bonds is 1. The highest BCUT2D eigenvalue weighted by molar-refractivity contribution is 5.20. The lowest BCUT2D eigenvalue weighted by atomic mass is 9.98. The Kier molecular flexibility index (Phi) is 2.03. The van der Waals surface area contributed by atoms with Crippen molar-refractivity contribution in [1.29, 1.82) is 0 Å². The van der Waals surface area contributed by atoms with Gasteiger partial charge in [0.1, 0.15) is 5.82 Å². The van der Waals surface area contributed by atoms with Crippen molar-refractivity contribution in [2.75, 3.05) is 13.1 Å². The molecule has 0 bridgehead atoms. The Labute approximate surface area is 83.5 Å². The van der Waals surface area contributed by atoms with Crippen LogP contribution in [0, 0.1) is 0 Å². The standard InChI is InChI=1S/C10H16N4/c1-3-11-4-2-7(1)10-13-8-5-12-6-9(8)14-10/h7,11-12H,1-6H2,(H,13,14). The third-order valence-corrected chi connectivity index (χ3v) is 3.20. The van der Waals surface area contributed by atoms with Gasteiger partial charge in [-0.3, -0.25) is 0 Å². The van der Waals surface area contributed by atoms with Gasteiger partial charge in [-0.05, 0) is 25.9 Å². The first-order chi connectivity index (χ1) is 6.93. The van der Waals surface area contributed by atoms with Gasteiger partial charge in [0.15, 0.2) is 0 Å². The maximum Gasteiger partial charge on any atom is 0.109 e. The molecule has 0 aliphatic carbocycles. The van der Waals surface area contributed by atoms with Gasteiger partial charge in [-0.1, -0.05) is 0 Å². The Balaban J connectivity index is 1.82. The number of imidazole rings is 1. The Hall–Kier alpha value is -0.870. The summed E-state index contributed by atoms with van der Waals surface area (Å²) in [5.74, 6) is 1.87. The van der Waals surface area contributed by atoms with Crippen LogP contribution in [0.5, 0.6) is 0 Å². The third-order valence-electron chi connectivity index (χ3n) is 3.20. The normalized spacial score (nSPS) is 22.6. The molecule has 0 saturated carbocycles. The van der Waals surface area contributed by atoms with Crippen LogP contribution in [0.15, 0.2) is 0 Å². The molecule has 1 saturated heterocycles. The van der Waals surface area contributed by atoms with Crippen molar-refractivity contribution >= 4 is 0 Å². The van der Waals surface area contributed by atoms with Gasteiger partial charge < -0.3 is 15.6 Å². The van der Waals surface area contributed by atoms with Gasteiger partial charge in [-0.15, -0.1) is 0 Å². The van der Waals surface area contributed by atoms with E-state index in [-0.39, 0.29) is 0 Å². The molecular weight excluding hydrogens is 176 g/mol. The largest absolute Gasteiger partial charge is 0.344 e. The van der Waals surface area contributed by atoms with Crippen LogP contribution in [0.3, 0.4) is 0 Å². The van der Waals surface area contributed by atoms with Crippen molar-refractivity contribution in [2.45, 2.75) is 31.8 Å². The van der Waals surface area contributed by atoms with Crippen molar-refractivity contribution in [1.82, 2.24) is 20.6 Å². The van der Waals surface area contributed by atoms with Gasteiger partial charge in [0.05, 0.1) is 11.4 Å². The molecule has 2 aliphatic heterocycles. The van der Waals surface area contributed by atoms with Gasteiger partial charge in [-0.2, -0.15) is 0 Å². The first-order valence-corrected chi connectivity index (χ1v) is 5.42. The summed E-state index contributed by atoms with van der Waals surface area (Å²) in [7, 11) is 0. The highest BCUT2D eigenvalue weighted by Gasteiger charge is 2.22. The number of nitrogens with one attached hydrogen (secondary N) is 3. The Morgan fingerprint density at radius 2 is 1.93 bits per heavy atom. The average Bonchev–Trinajstić information content (AvgIpc) is 2.78. The smallest absolute Gasteiger partial charge is 0.109 e. The Morgan fingerprint density at radius 3 is 2.71 bits per heavy atom. The highest BCUT2D eigenvalue weighted by Crippen LogP contribution is 2.24. The van der Waals surface area contributed by atoms with Crippen molar-refractivity contribution in [3.8, 4) is 0 Å². The van der Waals surface area contributed by atoms with Crippen LogP contribution in [-0.4, -0.2) is 23.1 Å². The average molecular weight is 192 g/mol. The Morgan fingerprint density at radius 1 is 1.07 bits per heavy atom. The zero-order valence-electron chi connectivity index (χ0n) is 8.27. The summed E-state index contributed by atoms with van der Waals surface area (Å²) in [5, 5.41) is 6.67. The second kappa shape index (κ2) is 3.37. The number of fused-ring (bicyclic) bond motifs is 1. The van der Waals surface area contributed by atoms with E-state index in [1.54, 1.807) is 0 Å². The van der Waals surface area contributed by atoms with Crippen LogP contribution in [0.1, 0.15) is 36.0 Å². The van der Waals surface area contributed by atoms with E-state index >= 15 is 0 Å². The quantitative estimate of drug-likeness (QED) is 0.606. The zero-order valence-corrected chi connectivity index (χ0v) is 8.27. The number of nitrogens with zero attached hydrogens (tertiary/aromatic N) is 1. The topological polar surface area (TPSA) is 52.7 Å². The monoisotopic (exact) mass is 192 g/mol. The van der Waals surface area contributed by atoms with Gasteiger partial charge in [-0.25, -0.2) is 4.98 Å². The molecule has 3 rings (SSSR count). The van der Waals surface area contributed by atoms with Crippen molar-refractivity contribution in [2.24, 2.45) is 0 Å². The summed E-state index contributed by atoms with van der Waals surface area (Å²) in [6.45, 7) is 4.17. The molecule has 0 atom stereocenters. The molecule has 0 unspecified atom stereocenters.